The second-order valence-corrected chi connectivity index (χ2v) is 7.60. The highest BCUT2D eigenvalue weighted by atomic mass is 35.5. The molecule has 158 valence electrons. The molecule has 0 unspecified atom stereocenters. The van der Waals surface area contributed by atoms with Crippen molar-refractivity contribution in [3.8, 4) is 17.1 Å². The van der Waals surface area contributed by atoms with E-state index in [1.807, 2.05) is 54.9 Å². The molecule has 3 heterocycles. The van der Waals surface area contributed by atoms with Crippen molar-refractivity contribution in [1.82, 2.24) is 25.2 Å². The molecule has 0 saturated carbocycles. The lowest BCUT2D eigenvalue weighted by molar-refractivity contribution is 0.0953. The van der Waals surface area contributed by atoms with Crippen molar-refractivity contribution in [1.29, 1.82) is 0 Å². The zero-order chi connectivity index (χ0) is 22.0. The molecule has 1 aromatic carbocycles. The van der Waals surface area contributed by atoms with Crippen molar-refractivity contribution in [3.63, 3.8) is 0 Å². The molecule has 0 radical (unpaired) electrons. The summed E-state index contributed by atoms with van der Waals surface area (Å²) in [5.41, 5.74) is 4.49. The Morgan fingerprint density at radius 3 is 2.65 bits per heavy atom. The average molecular weight is 436 g/mol. The molecule has 0 aliphatic carbocycles. The quantitative estimate of drug-likeness (QED) is 0.482. The van der Waals surface area contributed by atoms with Gasteiger partial charge in [0.2, 0.25) is 0 Å². The molecular weight excluding hydrogens is 414 g/mol. The Kier molecular flexibility index (Phi) is 5.86. The Morgan fingerprint density at radius 1 is 1.13 bits per heavy atom. The number of carbonyl (C=O) groups excluding carboxylic acids is 1. The van der Waals surface area contributed by atoms with Crippen LogP contribution in [0.2, 0.25) is 5.02 Å². The van der Waals surface area contributed by atoms with Gasteiger partial charge in [-0.05, 0) is 51.0 Å². The molecular formula is C23H22ClN5O2. The fourth-order valence-corrected chi connectivity index (χ4v) is 3.83. The summed E-state index contributed by atoms with van der Waals surface area (Å²) in [4.78, 5) is 17.3. The van der Waals surface area contributed by atoms with Crippen LogP contribution < -0.4 is 5.32 Å². The third kappa shape index (κ3) is 4.09. The number of carbonyl (C=O) groups is 1. The number of amides is 1. The predicted octanol–water partition coefficient (Wildman–Crippen LogP) is 4.47. The summed E-state index contributed by atoms with van der Waals surface area (Å²) in [6.45, 7) is 6.13. The van der Waals surface area contributed by atoms with Gasteiger partial charge >= 0.3 is 0 Å². The smallest absolute Gasteiger partial charge is 0.257 e. The van der Waals surface area contributed by atoms with Gasteiger partial charge in [0, 0.05) is 24.0 Å². The van der Waals surface area contributed by atoms with E-state index in [1.165, 1.54) is 0 Å². The monoisotopic (exact) mass is 435 g/mol. The number of halogens is 1. The summed E-state index contributed by atoms with van der Waals surface area (Å²) < 4.78 is 7.12. The number of hydrogen-bond acceptors (Lipinski definition) is 5. The van der Waals surface area contributed by atoms with Crippen LogP contribution in [0.15, 0.2) is 53.2 Å². The molecule has 7 nitrogen and oxygen atoms in total. The maximum atomic E-state index is 12.9. The Labute approximate surface area is 185 Å². The summed E-state index contributed by atoms with van der Waals surface area (Å²) in [6, 6.07) is 13.0. The van der Waals surface area contributed by atoms with Gasteiger partial charge < -0.3 is 9.84 Å². The van der Waals surface area contributed by atoms with E-state index in [2.05, 4.69) is 20.6 Å². The van der Waals surface area contributed by atoms with Gasteiger partial charge in [-0.15, -0.1) is 0 Å². The second-order valence-electron chi connectivity index (χ2n) is 7.20. The number of nitrogens with one attached hydrogen (secondary N) is 1. The van der Waals surface area contributed by atoms with Crippen LogP contribution >= 0.6 is 11.6 Å². The van der Waals surface area contributed by atoms with E-state index < -0.39 is 0 Å². The van der Waals surface area contributed by atoms with E-state index in [-0.39, 0.29) is 5.91 Å². The minimum Gasteiger partial charge on any atom is -0.360 e. The first-order valence-corrected chi connectivity index (χ1v) is 10.3. The number of hydrogen-bond donors (Lipinski definition) is 1. The first-order chi connectivity index (χ1) is 15.0. The normalized spacial score (nSPS) is 11.0. The lowest BCUT2D eigenvalue weighted by Gasteiger charge is -2.08. The Hall–Kier alpha value is -3.45. The molecule has 0 saturated heterocycles. The number of benzene rings is 1. The first kappa shape index (κ1) is 20.8. The van der Waals surface area contributed by atoms with Crippen LogP contribution in [-0.2, 0) is 6.42 Å². The van der Waals surface area contributed by atoms with Crippen molar-refractivity contribution in [2.75, 3.05) is 6.54 Å². The van der Waals surface area contributed by atoms with Crippen molar-refractivity contribution in [2.24, 2.45) is 0 Å². The van der Waals surface area contributed by atoms with Gasteiger partial charge in [0.25, 0.3) is 5.91 Å². The summed E-state index contributed by atoms with van der Waals surface area (Å²) in [5.74, 6) is 0.965. The fourth-order valence-electron chi connectivity index (χ4n) is 3.60. The molecule has 4 aromatic rings. The van der Waals surface area contributed by atoms with Gasteiger partial charge in [-0.2, -0.15) is 5.10 Å². The molecule has 4 rings (SSSR count). The van der Waals surface area contributed by atoms with Crippen LogP contribution in [0.4, 0.5) is 0 Å². The zero-order valence-corrected chi connectivity index (χ0v) is 18.3. The Balaban J connectivity index is 1.50. The molecule has 0 aliphatic heterocycles. The van der Waals surface area contributed by atoms with E-state index >= 15 is 0 Å². The zero-order valence-electron chi connectivity index (χ0n) is 17.5. The molecule has 0 bridgehead atoms. The van der Waals surface area contributed by atoms with E-state index in [0.29, 0.717) is 40.6 Å². The first-order valence-electron chi connectivity index (χ1n) is 9.93. The second kappa shape index (κ2) is 8.73. The Morgan fingerprint density at radius 2 is 1.90 bits per heavy atom. The van der Waals surface area contributed by atoms with Crippen LogP contribution in [-0.4, -0.2) is 32.4 Å². The maximum Gasteiger partial charge on any atom is 0.257 e. The molecule has 8 heteroatoms. The molecule has 1 amide bonds. The van der Waals surface area contributed by atoms with Crippen molar-refractivity contribution < 1.29 is 9.32 Å². The van der Waals surface area contributed by atoms with Crippen molar-refractivity contribution in [3.05, 3.63) is 82.0 Å². The topological polar surface area (TPSA) is 85.8 Å². The third-order valence-corrected chi connectivity index (χ3v) is 5.52. The van der Waals surface area contributed by atoms with Crippen LogP contribution in [0.5, 0.6) is 0 Å². The van der Waals surface area contributed by atoms with E-state index in [0.717, 1.165) is 22.8 Å². The standard InChI is InChI=1S/C23H22ClN5O2/c1-14-17(15(2)29(27-14)20-10-6-7-12-25-20)11-13-26-23(30)21-16(3)31-28-22(21)18-8-4-5-9-19(18)24/h4-10,12H,11,13H2,1-3H3,(H,26,30). The SMILES string of the molecule is Cc1nn(-c2ccccn2)c(C)c1CCNC(=O)c1c(-c2ccccc2Cl)noc1C. The molecule has 3 aromatic heterocycles. The number of rotatable bonds is 6. The molecule has 0 spiro atoms. The van der Waals surface area contributed by atoms with Gasteiger partial charge in [-0.1, -0.05) is 41.0 Å². The highest BCUT2D eigenvalue weighted by molar-refractivity contribution is 6.33. The largest absolute Gasteiger partial charge is 0.360 e. The van der Waals surface area contributed by atoms with Crippen LogP contribution in [0.1, 0.15) is 33.1 Å². The molecule has 0 aliphatic rings. The molecule has 1 N–H and O–H groups in total. The Bertz CT molecular complexity index is 1230. The van der Waals surface area contributed by atoms with Crippen molar-refractivity contribution in [2.45, 2.75) is 27.2 Å². The van der Waals surface area contributed by atoms with Gasteiger partial charge in [-0.3, -0.25) is 4.79 Å². The summed E-state index contributed by atoms with van der Waals surface area (Å²) >= 11 is 6.29. The van der Waals surface area contributed by atoms with Crippen LogP contribution in [0.3, 0.4) is 0 Å². The predicted molar refractivity (Wildman–Crippen MR) is 119 cm³/mol. The fraction of sp³-hybridized carbons (Fsp3) is 0.217. The number of nitrogens with zero attached hydrogens (tertiary/aromatic N) is 4. The number of aryl methyl sites for hydroxylation is 2. The lowest BCUT2D eigenvalue weighted by atomic mass is 10.1. The minimum atomic E-state index is -0.249. The van der Waals surface area contributed by atoms with Gasteiger partial charge in [0.05, 0.1) is 10.7 Å². The van der Waals surface area contributed by atoms with Gasteiger partial charge in [-0.25, -0.2) is 9.67 Å². The van der Waals surface area contributed by atoms with E-state index in [1.54, 1.807) is 19.2 Å². The molecule has 31 heavy (non-hydrogen) atoms. The average Bonchev–Trinajstić information content (AvgIpc) is 3.29. The van der Waals surface area contributed by atoms with E-state index in [9.17, 15) is 4.79 Å². The summed E-state index contributed by atoms with van der Waals surface area (Å²) in [6.07, 6.45) is 2.38. The van der Waals surface area contributed by atoms with E-state index in [4.69, 9.17) is 16.1 Å². The summed E-state index contributed by atoms with van der Waals surface area (Å²) in [5, 5.41) is 12.2. The maximum absolute atomic E-state index is 12.9. The highest BCUT2D eigenvalue weighted by Gasteiger charge is 2.23. The van der Waals surface area contributed by atoms with Crippen LogP contribution in [0.25, 0.3) is 17.1 Å². The van der Waals surface area contributed by atoms with Gasteiger partial charge in [0.15, 0.2) is 5.82 Å². The lowest BCUT2D eigenvalue weighted by Crippen LogP contribution is -2.26. The third-order valence-electron chi connectivity index (χ3n) is 5.19. The summed E-state index contributed by atoms with van der Waals surface area (Å²) in [7, 11) is 0. The van der Waals surface area contributed by atoms with Crippen molar-refractivity contribution >= 4 is 17.5 Å². The number of pyridine rings is 1. The minimum absolute atomic E-state index is 0.249. The molecule has 0 fully saturated rings. The highest BCUT2D eigenvalue weighted by Crippen LogP contribution is 2.30. The number of aromatic nitrogens is 4. The van der Waals surface area contributed by atoms with Gasteiger partial charge in [0.1, 0.15) is 17.0 Å². The molecule has 0 atom stereocenters. The van der Waals surface area contributed by atoms with Crippen LogP contribution in [0, 0.1) is 20.8 Å².